The Morgan fingerprint density at radius 3 is 2.35 bits per heavy atom. The Morgan fingerprint density at radius 1 is 1.09 bits per heavy atom. The van der Waals surface area contributed by atoms with Crippen LogP contribution in [0.1, 0.15) is 23.4 Å². The number of nitrogens with zero attached hydrogens (tertiary/aromatic N) is 5. The number of sulfone groups is 1. The highest BCUT2D eigenvalue weighted by molar-refractivity contribution is 7.99. The highest BCUT2D eigenvalue weighted by Crippen LogP contribution is 2.33. The van der Waals surface area contributed by atoms with Gasteiger partial charge < -0.3 is 9.80 Å². The SMILES string of the molecule is CSc1nn2c(C)c(CCC(=O)N3CCN(C)CC3)c(C)nc2c1S(=O)(=O)c1ccccc1.Cl. The molecule has 34 heavy (non-hydrogen) atoms. The summed E-state index contributed by atoms with van der Waals surface area (Å²) in [6, 6.07) is 8.36. The molecule has 0 aliphatic carbocycles. The predicted molar refractivity (Wildman–Crippen MR) is 136 cm³/mol. The summed E-state index contributed by atoms with van der Waals surface area (Å²) in [5, 5.41) is 5.00. The number of aryl methyl sites for hydroxylation is 2. The molecule has 1 fully saturated rings. The van der Waals surface area contributed by atoms with Gasteiger partial charge in [-0.2, -0.15) is 5.10 Å². The zero-order chi connectivity index (χ0) is 23.8. The number of aromatic nitrogens is 3. The molecule has 0 spiro atoms. The Bertz CT molecular complexity index is 1290. The Morgan fingerprint density at radius 2 is 1.74 bits per heavy atom. The van der Waals surface area contributed by atoms with Gasteiger partial charge in [0.2, 0.25) is 15.7 Å². The summed E-state index contributed by atoms with van der Waals surface area (Å²) in [6.45, 7) is 7.06. The molecule has 4 rings (SSSR count). The first-order valence-corrected chi connectivity index (χ1v) is 13.6. The number of fused-ring (bicyclic) bond motifs is 1. The van der Waals surface area contributed by atoms with E-state index in [4.69, 9.17) is 0 Å². The van der Waals surface area contributed by atoms with Gasteiger partial charge >= 0.3 is 0 Å². The number of benzene rings is 1. The number of carbonyl (C=O) groups is 1. The molecule has 1 aliphatic rings. The second-order valence-corrected chi connectivity index (χ2v) is 11.0. The van der Waals surface area contributed by atoms with Gasteiger partial charge in [-0.1, -0.05) is 18.2 Å². The zero-order valence-corrected chi connectivity index (χ0v) is 22.3. The van der Waals surface area contributed by atoms with Crippen molar-refractivity contribution in [3.8, 4) is 0 Å². The molecule has 3 aromatic rings. The summed E-state index contributed by atoms with van der Waals surface area (Å²) in [4.78, 5) is 21.9. The van der Waals surface area contributed by atoms with Crippen molar-refractivity contribution in [3.63, 3.8) is 0 Å². The molecule has 2 aromatic heterocycles. The van der Waals surface area contributed by atoms with Crippen LogP contribution in [-0.4, -0.2) is 78.2 Å². The molecule has 1 aromatic carbocycles. The van der Waals surface area contributed by atoms with E-state index in [1.165, 1.54) is 11.8 Å². The van der Waals surface area contributed by atoms with Crippen LogP contribution in [0.4, 0.5) is 0 Å². The monoisotopic (exact) mass is 523 g/mol. The van der Waals surface area contributed by atoms with Crippen molar-refractivity contribution < 1.29 is 13.2 Å². The van der Waals surface area contributed by atoms with E-state index in [-0.39, 0.29) is 28.1 Å². The lowest BCUT2D eigenvalue weighted by molar-refractivity contribution is -0.132. The smallest absolute Gasteiger partial charge is 0.222 e. The quantitative estimate of drug-likeness (QED) is 0.459. The van der Waals surface area contributed by atoms with Gasteiger partial charge in [-0.3, -0.25) is 4.79 Å². The van der Waals surface area contributed by atoms with E-state index in [9.17, 15) is 13.2 Å². The van der Waals surface area contributed by atoms with Gasteiger partial charge in [0.25, 0.3) is 0 Å². The molecular weight excluding hydrogens is 494 g/mol. The predicted octanol–water partition coefficient (Wildman–Crippen LogP) is 3.03. The van der Waals surface area contributed by atoms with Gasteiger partial charge in [0.1, 0.15) is 5.03 Å². The van der Waals surface area contributed by atoms with Crippen LogP contribution in [-0.2, 0) is 21.1 Å². The molecule has 0 saturated carbocycles. The van der Waals surface area contributed by atoms with Crippen LogP contribution < -0.4 is 0 Å². The summed E-state index contributed by atoms with van der Waals surface area (Å²) in [5.74, 6) is 0.139. The van der Waals surface area contributed by atoms with E-state index in [0.29, 0.717) is 23.5 Å². The van der Waals surface area contributed by atoms with Crippen molar-refractivity contribution in [3.05, 3.63) is 47.3 Å². The number of halogens is 1. The van der Waals surface area contributed by atoms with Gasteiger partial charge in [-0.05, 0) is 51.3 Å². The van der Waals surface area contributed by atoms with E-state index in [1.54, 1.807) is 34.8 Å². The van der Waals surface area contributed by atoms with Crippen molar-refractivity contribution in [1.82, 2.24) is 24.4 Å². The topological polar surface area (TPSA) is 87.9 Å². The number of thioether (sulfide) groups is 1. The average molecular weight is 524 g/mol. The third kappa shape index (κ3) is 4.95. The van der Waals surface area contributed by atoms with E-state index in [0.717, 1.165) is 43.1 Å². The summed E-state index contributed by atoms with van der Waals surface area (Å²) >= 11 is 1.28. The maximum absolute atomic E-state index is 13.4. The van der Waals surface area contributed by atoms with Crippen molar-refractivity contribution in [1.29, 1.82) is 0 Å². The second-order valence-electron chi connectivity index (χ2n) is 8.34. The van der Waals surface area contributed by atoms with Gasteiger partial charge in [-0.25, -0.2) is 17.9 Å². The fraction of sp³-hybridized carbons (Fsp3) is 0.435. The second kappa shape index (κ2) is 10.6. The number of hydrogen-bond acceptors (Lipinski definition) is 7. The van der Waals surface area contributed by atoms with E-state index < -0.39 is 9.84 Å². The van der Waals surface area contributed by atoms with Gasteiger partial charge in [0, 0.05) is 44.0 Å². The van der Waals surface area contributed by atoms with Crippen LogP contribution in [0.2, 0.25) is 0 Å². The number of likely N-dealkylation sites (N-methyl/N-ethyl adjacent to an activating group) is 1. The maximum Gasteiger partial charge on any atom is 0.222 e. The molecule has 0 N–H and O–H groups in total. The van der Waals surface area contributed by atoms with Crippen LogP contribution in [0.15, 0.2) is 45.1 Å². The number of rotatable bonds is 6. The first kappa shape index (κ1) is 26.5. The summed E-state index contributed by atoms with van der Waals surface area (Å²) < 4.78 is 28.5. The fourth-order valence-electron chi connectivity index (χ4n) is 4.22. The highest BCUT2D eigenvalue weighted by atomic mass is 35.5. The van der Waals surface area contributed by atoms with Crippen LogP contribution in [0, 0.1) is 13.8 Å². The van der Waals surface area contributed by atoms with Gasteiger partial charge in [0.15, 0.2) is 10.5 Å². The molecule has 3 heterocycles. The van der Waals surface area contributed by atoms with Crippen molar-refractivity contribution in [2.24, 2.45) is 0 Å². The molecule has 1 amide bonds. The lowest BCUT2D eigenvalue weighted by atomic mass is 10.1. The minimum Gasteiger partial charge on any atom is -0.340 e. The van der Waals surface area contributed by atoms with Crippen molar-refractivity contribution >= 4 is 45.6 Å². The maximum atomic E-state index is 13.4. The Hall–Kier alpha value is -2.14. The Balaban J connectivity index is 0.00000324. The van der Waals surface area contributed by atoms with E-state index in [2.05, 4.69) is 22.0 Å². The van der Waals surface area contributed by atoms with Crippen molar-refractivity contribution in [2.45, 2.75) is 41.5 Å². The van der Waals surface area contributed by atoms with Gasteiger partial charge in [-0.15, -0.1) is 24.2 Å². The molecule has 184 valence electrons. The standard InChI is InChI=1S/C23H29N5O3S2.ClH/c1-16-19(10-11-20(29)27-14-12-26(3)13-15-27)17(2)28-22(24-16)21(23(25-28)32-4)33(30,31)18-8-6-5-7-9-18;/h5-9H,10-15H2,1-4H3;1H. The molecule has 1 aliphatic heterocycles. The van der Waals surface area contributed by atoms with E-state index >= 15 is 0 Å². The summed E-state index contributed by atoms with van der Waals surface area (Å²) in [5.41, 5.74) is 2.80. The number of hydrogen-bond donors (Lipinski definition) is 0. The molecule has 11 heteroatoms. The molecular formula is C23H30ClN5O3S2. The number of carbonyl (C=O) groups excluding carboxylic acids is 1. The lowest BCUT2D eigenvalue weighted by Gasteiger charge is -2.32. The molecule has 0 radical (unpaired) electrons. The summed E-state index contributed by atoms with van der Waals surface area (Å²) in [6.07, 6.45) is 2.75. The lowest BCUT2D eigenvalue weighted by Crippen LogP contribution is -2.47. The van der Waals surface area contributed by atoms with Crippen LogP contribution in [0.25, 0.3) is 5.65 Å². The average Bonchev–Trinajstić information content (AvgIpc) is 3.19. The third-order valence-corrected chi connectivity index (χ3v) is 8.82. The molecule has 0 atom stereocenters. The molecule has 0 bridgehead atoms. The number of amides is 1. The highest BCUT2D eigenvalue weighted by Gasteiger charge is 2.30. The Labute approximate surface area is 211 Å². The van der Waals surface area contributed by atoms with Crippen LogP contribution in [0.3, 0.4) is 0 Å². The largest absolute Gasteiger partial charge is 0.340 e. The fourth-order valence-corrected chi connectivity index (χ4v) is 6.63. The molecule has 1 saturated heterocycles. The van der Waals surface area contributed by atoms with E-state index in [1.807, 2.05) is 25.0 Å². The zero-order valence-electron chi connectivity index (χ0n) is 19.8. The van der Waals surface area contributed by atoms with Crippen LogP contribution >= 0.6 is 24.2 Å². The van der Waals surface area contributed by atoms with Gasteiger partial charge in [0.05, 0.1) is 4.90 Å². The van der Waals surface area contributed by atoms with Crippen LogP contribution in [0.5, 0.6) is 0 Å². The minimum absolute atomic E-state index is 0. The molecule has 8 nitrogen and oxygen atoms in total. The first-order valence-electron chi connectivity index (χ1n) is 10.9. The first-order chi connectivity index (χ1) is 15.7. The number of piperazine rings is 1. The summed E-state index contributed by atoms with van der Waals surface area (Å²) in [7, 11) is -1.72. The third-order valence-electron chi connectivity index (χ3n) is 6.21. The Kier molecular flexibility index (Phi) is 8.28. The molecule has 0 unspecified atom stereocenters. The van der Waals surface area contributed by atoms with Crippen molar-refractivity contribution in [2.75, 3.05) is 39.5 Å². The minimum atomic E-state index is -3.79. The normalized spacial score (nSPS) is 14.9.